The first-order chi connectivity index (χ1) is 14.0. The molecule has 0 radical (unpaired) electrons. The van der Waals surface area contributed by atoms with Gasteiger partial charge >= 0.3 is 0 Å². The number of allylic oxidation sites excluding steroid dienone is 1. The maximum absolute atomic E-state index is 11.6. The molecule has 3 N–H and O–H groups in total. The summed E-state index contributed by atoms with van der Waals surface area (Å²) in [5.41, 5.74) is 0.914. The normalized spacial score (nSPS) is 46.4. The minimum Gasteiger partial charge on any atom is -0.393 e. The van der Waals surface area contributed by atoms with E-state index >= 15 is 0 Å². The topological polar surface area (TPSA) is 60.7 Å². The van der Waals surface area contributed by atoms with Crippen LogP contribution in [0, 0.1) is 40.4 Å². The summed E-state index contributed by atoms with van der Waals surface area (Å²) in [7, 11) is 0. The lowest BCUT2D eigenvalue weighted by molar-refractivity contribution is -0.151. The van der Waals surface area contributed by atoms with Crippen LogP contribution in [-0.2, 0) is 0 Å². The van der Waals surface area contributed by atoms with Gasteiger partial charge in [-0.2, -0.15) is 0 Å². The van der Waals surface area contributed by atoms with Crippen LogP contribution < -0.4 is 0 Å². The van der Waals surface area contributed by atoms with Crippen LogP contribution in [0.4, 0.5) is 0 Å². The Morgan fingerprint density at radius 3 is 2.50 bits per heavy atom. The molecule has 3 nitrogen and oxygen atoms in total. The highest BCUT2D eigenvalue weighted by Crippen LogP contribution is 2.67. The highest BCUT2D eigenvalue weighted by molar-refractivity contribution is 5.25. The zero-order chi connectivity index (χ0) is 21.9. The average molecular weight is 419 g/mol. The van der Waals surface area contributed by atoms with E-state index < -0.39 is 11.7 Å². The van der Waals surface area contributed by atoms with E-state index in [0.29, 0.717) is 24.2 Å². The predicted octanol–water partition coefficient (Wildman–Crippen LogP) is 5.47. The third-order valence-corrected chi connectivity index (χ3v) is 10.5. The molecule has 0 aromatic heterocycles. The Bertz CT molecular complexity index is 667. The van der Waals surface area contributed by atoms with Gasteiger partial charge in [0.15, 0.2) is 0 Å². The summed E-state index contributed by atoms with van der Waals surface area (Å²) < 4.78 is 0. The summed E-state index contributed by atoms with van der Waals surface area (Å²) in [6.07, 6.45) is 12.1. The van der Waals surface area contributed by atoms with Gasteiger partial charge in [-0.25, -0.2) is 0 Å². The first-order valence-electron chi connectivity index (χ1n) is 12.8. The second-order valence-corrected chi connectivity index (χ2v) is 12.5. The number of aliphatic hydroxyl groups is 3. The zero-order valence-electron chi connectivity index (χ0n) is 20.0. The van der Waals surface area contributed by atoms with Gasteiger partial charge in [-0.1, -0.05) is 39.3 Å². The smallest absolute Gasteiger partial charge is 0.0910 e. The van der Waals surface area contributed by atoms with E-state index in [4.69, 9.17) is 0 Å². The van der Waals surface area contributed by atoms with E-state index in [0.717, 1.165) is 44.4 Å². The Morgan fingerprint density at radius 2 is 1.80 bits per heavy atom. The fraction of sp³-hybridized carbons (Fsp3) is 0.926. The Kier molecular flexibility index (Phi) is 5.99. The summed E-state index contributed by atoms with van der Waals surface area (Å²) in [6.45, 7) is 11.2. The fourth-order valence-corrected chi connectivity index (χ4v) is 8.62. The average Bonchev–Trinajstić information content (AvgIpc) is 3.04. The van der Waals surface area contributed by atoms with Crippen LogP contribution in [0.2, 0.25) is 0 Å². The minimum absolute atomic E-state index is 0.124. The molecule has 30 heavy (non-hydrogen) atoms. The standard InChI is InChI=1S/C27H46O3/c1-17(2)6-11-24(29)27(5,30)23-10-9-21-20-8-7-18-16-19(28)12-14-25(18,3)22(20)13-15-26(21,23)4/h7,17,19-24,28-30H,6,8-16H2,1-5H3/t19?,20?,21?,22?,23?,24-,25+,26?,27-/m1/s1. The van der Waals surface area contributed by atoms with Crippen LogP contribution in [0.1, 0.15) is 98.8 Å². The summed E-state index contributed by atoms with van der Waals surface area (Å²) in [5.74, 6) is 2.80. The molecule has 4 rings (SSSR count). The molecule has 4 aliphatic carbocycles. The Hall–Kier alpha value is -0.380. The monoisotopic (exact) mass is 418 g/mol. The molecule has 0 aliphatic heterocycles. The molecule has 3 fully saturated rings. The van der Waals surface area contributed by atoms with Crippen molar-refractivity contribution in [3.63, 3.8) is 0 Å². The van der Waals surface area contributed by atoms with Crippen LogP contribution in [0.5, 0.6) is 0 Å². The number of hydrogen-bond acceptors (Lipinski definition) is 3. The maximum Gasteiger partial charge on any atom is 0.0910 e. The van der Waals surface area contributed by atoms with Gasteiger partial charge in [0.25, 0.3) is 0 Å². The molecule has 0 spiro atoms. The van der Waals surface area contributed by atoms with Crippen LogP contribution in [0.3, 0.4) is 0 Å². The van der Waals surface area contributed by atoms with Gasteiger partial charge in [0.2, 0.25) is 0 Å². The van der Waals surface area contributed by atoms with Crippen LogP contribution in [0.25, 0.3) is 0 Å². The Morgan fingerprint density at radius 1 is 1.07 bits per heavy atom. The lowest BCUT2D eigenvalue weighted by Gasteiger charge is -2.59. The molecule has 3 heteroatoms. The van der Waals surface area contributed by atoms with Gasteiger partial charge in [-0.3, -0.25) is 0 Å². The molecule has 0 heterocycles. The van der Waals surface area contributed by atoms with Gasteiger partial charge in [0.1, 0.15) is 0 Å². The summed E-state index contributed by atoms with van der Waals surface area (Å²) in [6, 6.07) is 0. The van der Waals surface area contributed by atoms with E-state index in [9.17, 15) is 15.3 Å². The molecule has 172 valence electrons. The minimum atomic E-state index is -1.00. The third-order valence-electron chi connectivity index (χ3n) is 10.5. The largest absolute Gasteiger partial charge is 0.393 e. The molecule has 9 atom stereocenters. The quantitative estimate of drug-likeness (QED) is 0.519. The van der Waals surface area contributed by atoms with Crippen LogP contribution >= 0.6 is 0 Å². The molecular formula is C27H46O3. The van der Waals surface area contributed by atoms with Crippen molar-refractivity contribution in [1.82, 2.24) is 0 Å². The van der Waals surface area contributed by atoms with Crippen molar-refractivity contribution in [2.45, 2.75) is 117 Å². The zero-order valence-corrected chi connectivity index (χ0v) is 20.0. The number of hydrogen-bond donors (Lipinski definition) is 3. The summed E-state index contributed by atoms with van der Waals surface area (Å²) in [5, 5.41) is 32.7. The van der Waals surface area contributed by atoms with E-state index in [1.54, 1.807) is 0 Å². The second-order valence-electron chi connectivity index (χ2n) is 12.5. The van der Waals surface area contributed by atoms with Crippen LogP contribution in [-0.4, -0.2) is 33.1 Å². The van der Waals surface area contributed by atoms with Gasteiger partial charge < -0.3 is 15.3 Å². The second kappa shape index (κ2) is 7.89. The first kappa shape index (κ1) is 22.8. The van der Waals surface area contributed by atoms with Crippen molar-refractivity contribution < 1.29 is 15.3 Å². The van der Waals surface area contributed by atoms with Gasteiger partial charge in [0.05, 0.1) is 17.8 Å². The highest BCUT2D eigenvalue weighted by atomic mass is 16.3. The number of rotatable bonds is 5. The SMILES string of the molecule is CC(C)CC[C@@H](O)[C@](C)(O)C1CCC2C3CC=C4CC(O)CC[C@]4(C)C3CCC21C. The molecule has 0 saturated heterocycles. The van der Waals surface area contributed by atoms with Crippen molar-refractivity contribution in [3.8, 4) is 0 Å². The first-order valence-corrected chi connectivity index (χ1v) is 12.8. The lowest BCUT2D eigenvalue weighted by atomic mass is 9.46. The molecule has 0 amide bonds. The van der Waals surface area contributed by atoms with E-state index in [2.05, 4.69) is 33.8 Å². The number of fused-ring (bicyclic) bond motifs is 5. The van der Waals surface area contributed by atoms with E-state index in [1.807, 2.05) is 6.92 Å². The lowest BCUT2D eigenvalue weighted by Crippen LogP contribution is -2.55. The van der Waals surface area contributed by atoms with E-state index in [-0.39, 0.29) is 22.9 Å². The van der Waals surface area contributed by atoms with Gasteiger partial charge in [-0.15, -0.1) is 0 Å². The van der Waals surface area contributed by atoms with Crippen molar-refractivity contribution in [1.29, 1.82) is 0 Å². The maximum atomic E-state index is 11.6. The molecule has 0 aromatic rings. The molecule has 0 aromatic carbocycles. The van der Waals surface area contributed by atoms with Gasteiger partial charge in [-0.05, 0) is 112 Å². The molecule has 0 bridgehead atoms. The Labute approximate surface area is 184 Å². The summed E-state index contributed by atoms with van der Waals surface area (Å²) in [4.78, 5) is 0. The molecule has 6 unspecified atom stereocenters. The van der Waals surface area contributed by atoms with Crippen molar-refractivity contribution in [2.75, 3.05) is 0 Å². The third kappa shape index (κ3) is 3.52. The van der Waals surface area contributed by atoms with Crippen molar-refractivity contribution in [3.05, 3.63) is 11.6 Å². The summed E-state index contributed by atoms with van der Waals surface area (Å²) >= 11 is 0. The molecular weight excluding hydrogens is 372 g/mol. The highest BCUT2D eigenvalue weighted by Gasteiger charge is 2.62. The molecule has 4 aliphatic rings. The van der Waals surface area contributed by atoms with Crippen LogP contribution in [0.15, 0.2) is 11.6 Å². The van der Waals surface area contributed by atoms with Crippen molar-refractivity contribution >= 4 is 0 Å². The molecule has 3 saturated carbocycles. The Balaban J connectivity index is 1.55. The fourth-order valence-electron chi connectivity index (χ4n) is 8.62. The van der Waals surface area contributed by atoms with Crippen molar-refractivity contribution in [2.24, 2.45) is 40.4 Å². The number of aliphatic hydroxyl groups excluding tert-OH is 2. The van der Waals surface area contributed by atoms with E-state index in [1.165, 1.54) is 24.8 Å². The van der Waals surface area contributed by atoms with Gasteiger partial charge in [0, 0.05) is 0 Å². The predicted molar refractivity (Wildman–Crippen MR) is 122 cm³/mol.